The predicted molar refractivity (Wildman–Crippen MR) is 54.4 cm³/mol. The third-order valence-electron chi connectivity index (χ3n) is 2.30. The van der Waals surface area contributed by atoms with Gasteiger partial charge in [-0.05, 0) is 6.42 Å². The average molecular weight is 222 g/mol. The molecule has 0 bridgehead atoms. The molecule has 2 aliphatic heterocycles. The van der Waals surface area contributed by atoms with Crippen LogP contribution in [0.5, 0.6) is 0 Å². The molecule has 4 nitrogen and oxygen atoms in total. The molecule has 0 aliphatic carbocycles. The Morgan fingerprint density at radius 2 is 1.92 bits per heavy atom. The molecule has 0 spiro atoms. The van der Waals surface area contributed by atoms with Crippen LogP contribution in [0.3, 0.4) is 0 Å². The lowest BCUT2D eigenvalue weighted by Gasteiger charge is -2.14. The average Bonchev–Trinajstić information content (AvgIpc) is 2.61. The topological polar surface area (TPSA) is 58.2 Å². The fraction of sp³-hybridized carbons (Fsp3) is 1.00. The standard InChI is InChI=1S/C7H14N2O2S2/c10-13(11)4-1-6(5-13)12-7-8-2-3-9-7/h6-9H,1-5H2/t6-/m1/s1. The zero-order chi connectivity index (χ0) is 9.31. The van der Waals surface area contributed by atoms with E-state index < -0.39 is 9.84 Å². The first-order valence-electron chi connectivity index (χ1n) is 4.48. The van der Waals surface area contributed by atoms with E-state index in [-0.39, 0.29) is 10.7 Å². The van der Waals surface area contributed by atoms with Crippen molar-refractivity contribution in [1.29, 1.82) is 0 Å². The largest absolute Gasteiger partial charge is 0.292 e. The van der Waals surface area contributed by atoms with E-state index in [2.05, 4.69) is 10.6 Å². The van der Waals surface area contributed by atoms with E-state index in [1.54, 1.807) is 11.8 Å². The van der Waals surface area contributed by atoms with Gasteiger partial charge in [-0.25, -0.2) is 8.42 Å². The molecule has 2 aliphatic rings. The zero-order valence-corrected chi connectivity index (χ0v) is 8.96. The molecule has 0 aromatic heterocycles. The molecular formula is C7H14N2O2S2. The van der Waals surface area contributed by atoms with Crippen LogP contribution >= 0.6 is 11.8 Å². The van der Waals surface area contributed by atoms with Crippen molar-refractivity contribution in [3.63, 3.8) is 0 Å². The summed E-state index contributed by atoms with van der Waals surface area (Å²) < 4.78 is 22.3. The molecular weight excluding hydrogens is 208 g/mol. The fourth-order valence-electron chi connectivity index (χ4n) is 1.64. The summed E-state index contributed by atoms with van der Waals surface area (Å²) in [5, 5.41) is 6.82. The van der Waals surface area contributed by atoms with Crippen molar-refractivity contribution in [2.24, 2.45) is 0 Å². The second-order valence-corrected chi connectivity index (χ2v) is 7.09. The number of hydrogen-bond acceptors (Lipinski definition) is 5. The zero-order valence-electron chi connectivity index (χ0n) is 7.32. The minimum absolute atomic E-state index is 0.262. The summed E-state index contributed by atoms with van der Waals surface area (Å²) >= 11 is 1.72. The van der Waals surface area contributed by atoms with Crippen LogP contribution in [0.2, 0.25) is 0 Å². The van der Waals surface area contributed by atoms with Crippen LogP contribution in [0.1, 0.15) is 6.42 Å². The van der Waals surface area contributed by atoms with Crippen LogP contribution in [-0.2, 0) is 9.84 Å². The summed E-state index contributed by atoms with van der Waals surface area (Å²) in [6.45, 7) is 1.97. The molecule has 0 amide bonds. The molecule has 2 N–H and O–H groups in total. The Balaban J connectivity index is 1.83. The molecule has 2 heterocycles. The minimum Gasteiger partial charge on any atom is -0.292 e. The maximum atomic E-state index is 11.2. The molecule has 2 rings (SSSR count). The number of nitrogens with one attached hydrogen (secondary N) is 2. The number of thioether (sulfide) groups is 1. The van der Waals surface area contributed by atoms with Crippen molar-refractivity contribution in [2.45, 2.75) is 17.2 Å². The lowest BCUT2D eigenvalue weighted by molar-refractivity contribution is 0.602. The quantitative estimate of drug-likeness (QED) is 0.652. The van der Waals surface area contributed by atoms with Crippen molar-refractivity contribution in [2.75, 3.05) is 24.6 Å². The lowest BCUT2D eigenvalue weighted by atomic mass is 10.4. The van der Waals surface area contributed by atoms with Crippen LogP contribution < -0.4 is 10.6 Å². The fourth-order valence-corrected chi connectivity index (χ4v) is 5.33. The summed E-state index contributed by atoms with van der Waals surface area (Å²) in [4.78, 5) is 0. The SMILES string of the molecule is O=S1(=O)CC[C@@H](SC2NCCN2)C1. The van der Waals surface area contributed by atoms with Gasteiger partial charge < -0.3 is 0 Å². The Kier molecular flexibility index (Phi) is 2.83. The Morgan fingerprint density at radius 3 is 2.46 bits per heavy atom. The van der Waals surface area contributed by atoms with E-state index in [4.69, 9.17) is 0 Å². The van der Waals surface area contributed by atoms with Gasteiger partial charge in [0.05, 0.1) is 11.5 Å². The second-order valence-electron chi connectivity index (χ2n) is 3.45. The van der Waals surface area contributed by atoms with E-state index in [9.17, 15) is 8.42 Å². The van der Waals surface area contributed by atoms with Crippen LogP contribution in [-0.4, -0.2) is 43.8 Å². The summed E-state index contributed by atoms with van der Waals surface area (Å²) in [5.74, 6) is 0.731. The molecule has 2 fully saturated rings. The van der Waals surface area contributed by atoms with E-state index in [0.717, 1.165) is 19.5 Å². The van der Waals surface area contributed by atoms with Gasteiger partial charge in [0.25, 0.3) is 0 Å². The third kappa shape index (κ3) is 2.59. The normalized spacial score (nSPS) is 34.0. The highest BCUT2D eigenvalue weighted by atomic mass is 32.2. The molecule has 0 aromatic rings. The van der Waals surface area contributed by atoms with Crippen LogP contribution in [0.25, 0.3) is 0 Å². The van der Waals surface area contributed by atoms with Gasteiger partial charge in [0.1, 0.15) is 5.50 Å². The summed E-state index contributed by atoms with van der Waals surface area (Å²) in [6, 6.07) is 0. The van der Waals surface area contributed by atoms with Gasteiger partial charge in [-0.1, -0.05) is 0 Å². The summed E-state index contributed by atoms with van der Waals surface area (Å²) in [5.41, 5.74) is 0.262. The van der Waals surface area contributed by atoms with Crippen molar-refractivity contribution >= 4 is 21.6 Å². The number of sulfone groups is 1. The minimum atomic E-state index is -2.71. The highest BCUT2D eigenvalue weighted by Crippen LogP contribution is 2.26. The maximum Gasteiger partial charge on any atom is 0.151 e. The molecule has 2 saturated heterocycles. The van der Waals surface area contributed by atoms with Crippen LogP contribution in [0, 0.1) is 0 Å². The highest BCUT2D eigenvalue weighted by Gasteiger charge is 2.30. The molecule has 1 atom stereocenters. The lowest BCUT2D eigenvalue weighted by Crippen LogP contribution is -2.30. The van der Waals surface area contributed by atoms with E-state index in [1.807, 2.05) is 0 Å². The molecule has 13 heavy (non-hydrogen) atoms. The van der Waals surface area contributed by atoms with Crippen molar-refractivity contribution in [3.8, 4) is 0 Å². The Morgan fingerprint density at radius 1 is 1.23 bits per heavy atom. The van der Waals surface area contributed by atoms with Crippen molar-refractivity contribution in [1.82, 2.24) is 10.6 Å². The van der Waals surface area contributed by atoms with Crippen molar-refractivity contribution in [3.05, 3.63) is 0 Å². The Hall–Kier alpha value is 0.220. The van der Waals surface area contributed by atoms with E-state index in [1.165, 1.54) is 0 Å². The van der Waals surface area contributed by atoms with Gasteiger partial charge >= 0.3 is 0 Å². The molecule has 0 radical (unpaired) electrons. The van der Waals surface area contributed by atoms with E-state index >= 15 is 0 Å². The van der Waals surface area contributed by atoms with Gasteiger partial charge in [-0.3, -0.25) is 10.6 Å². The summed E-state index contributed by atoms with van der Waals surface area (Å²) in [7, 11) is -2.71. The van der Waals surface area contributed by atoms with Crippen molar-refractivity contribution < 1.29 is 8.42 Å². The van der Waals surface area contributed by atoms with E-state index in [0.29, 0.717) is 11.5 Å². The highest BCUT2D eigenvalue weighted by molar-refractivity contribution is 8.02. The first-order valence-corrected chi connectivity index (χ1v) is 7.25. The molecule has 0 saturated carbocycles. The summed E-state index contributed by atoms with van der Waals surface area (Å²) in [6.07, 6.45) is 0.812. The van der Waals surface area contributed by atoms with Crippen LogP contribution in [0.15, 0.2) is 0 Å². The number of hydrogen-bond donors (Lipinski definition) is 2. The molecule has 76 valence electrons. The van der Waals surface area contributed by atoms with Gasteiger partial charge in [-0.2, -0.15) is 0 Å². The van der Waals surface area contributed by atoms with Gasteiger partial charge in [0, 0.05) is 18.3 Å². The van der Waals surface area contributed by atoms with Crippen LogP contribution in [0.4, 0.5) is 0 Å². The van der Waals surface area contributed by atoms with Gasteiger partial charge in [-0.15, -0.1) is 11.8 Å². The van der Waals surface area contributed by atoms with Gasteiger partial charge in [0.2, 0.25) is 0 Å². The third-order valence-corrected chi connectivity index (χ3v) is 5.68. The maximum absolute atomic E-state index is 11.2. The van der Waals surface area contributed by atoms with Gasteiger partial charge in [0.15, 0.2) is 9.84 Å². The second kappa shape index (κ2) is 3.76. The Labute approximate surface area is 82.8 Å². The molecule has 6 heteroatoms. The monoisotopic (exact) mass is 222 g/mol. The number of rotatable bonds is 2. The first kappa shape index (κ1) is 9.76. The molecule has 0 unspecified atom stereocenters. The molecule has 0 aromatic carbocycles. The predicted octanol–water partition coefficient (Wildman–Crippen LogP) is -0.617. The first-order chi connectivity index (χ1) is 6.16. The smallest absolute Gasteiger partial charge is 0.151 e. The Bertz CT molecular complexity index is 272.